The Labute approximate surface area is 115 Å². The molecule has 20 heavy (non-hydrogen) atoms. The summed E-state index contributed by atoms with van der Waals surface area (Å²) in [7, 11) is 0. The summed E-state index contributed by atoms with van der Waals surface area (Å²) in [5, 5.41) is 11.9. The molecule has 0 fully saturated rings. The summed E-state index contributed by atoms with van der Waals surface area (Å²) in [5.41, 5.74) is 1.29. The Morgan fingerprint density at radius 3 is 2.90 bits per heavy atom. The van der Waals surface area contributed by atoms with Gasteiger partial charge in [-0.3, -0.25) is 9.78 Å². The number of carbonyl (C=O) groups is 2. The zero-order valence-electron chi connectivity index (χ0n) is 10.7. The maximum atomic E-state index is 12.0. The number of aromatic nitrogens is 1. The van der Waals surface area contributed by atoms with Gasteiger partial charge < -0.3 is 15.2 Å². The van der Waals surface area contributed by atoms with Crippen molar-refractivity contribution in [2.75, 3.05) is 19.8 Å². The molecule has 104 valence electrons. The van der Waals surface area contributed by atoms with E-state index in [9.17, 15) is 9.59 Å². The standard InChI is InChI=1S/C14H14N2O4/c17-13(18)9-20-8-7-16-14(19)11-3-1-5-12-10(11)4-2-6-15-12/h1-6H,7-9H2,(H,16,19)(H,17,18). The zero-order valence-corrected chi connectivity index (χ0v) is 10.7. The molecule has 6 heteroatoms. The highest BCUT2D eigenvalue weighted by Gasteiger charge is 2.09. The van der Waals surface area contributed by atoms with Crippen molar-refractivity contribution in [3.8, 4) is 0 Å². The van der Waals surface area contributed by atoms with Gasteiger partial charge in [-0.05, 0) is 18.2 Å². The molecule has 0 aliphatic rings. The first-order chi connectivity index (χ1) is 9.68. The number of hydrogen-bond donors (Lipinski definition) is 2. The molecule has 0 aliphatic carbocycles. The van der Waals surface area contributed by atoms with E-state index in [0.29, 0.717) is 5.56 Å². The second kappa shape index (κ2) is 6.63. The monoisotopic (exact) mass is 274 g/mol. The zero-order chi connectivity index (χ0) is 14.4. The summed E-state index contributed by atoms with van der Waals surface area (Å²) in [6.45, 7) is 0.0396. The number of pyridine rings is 1. The molecule has 0 spiro atoms. The predicted octanol–water partition coefficient (Wildman–Crippen LogP) is 1.07. The molecule has 1 aromatic heterocycles. The Balaban J connectivity index is 1.96. The highest BCUT2D eigenvalue weighted by molar-refractivity contribution is 6.06. The number of rotatable bonds is 6. The van der Waals surface area contributed by atoms with Crippen LogP contribution in [0.25, 0.3) is 10.9 Å². The summed E-state index contributed by atoms with van der Waals surface area (Å²) in [5.74, 6) is -1.26. The van der Waals surface area contributed by atoms with Crippen LogP contribution >= 0.6 is 0 Å². The van der Waals surface area contributed by atoms with Crippen LogP contribution in [0.1, 0.15) is 10.4 Å². The summed E-state index contributed by atoms with van der Waals surface area (Å²) < 4.78 is 4.84. The predicted molar refractivity (Wildman–Crippen MR) is 72.5 cm³/mol. The Morgan fingerprint density at radius 2 is 2.10 bits per heavy atom. The van der Waals surface area contributed by atoms with Gasteiger partial charge in [-0.25, -0.2) is 4.79 Å². The molecule has 0 unspecified atom stereocenters. The minimum atomic E-state index is -1.03. The van der Waals surface area contributed by atoms with E-state index in [1.54, 1.807) is 24.4 Å². The molecule has 0 bridgehead atoms. The van der Waals surface area contributed by atoms with E-state index >= 15 is 0 Å². The minimum absolute atomic E-state index is 0.154. The number of aliphatic carboxylic acids is 1. The van der Waals surface area contributed by atoms with Crippen molar-refractivity contribution in [3.63, 3.8) is 0 Å². The van der Waals surface area contributed by atoms with Gasteiger partial charge in [0, 0.05) is 23.7 Å². The van der Waals surface area contributed by atoms with Crippen molar-refractivity contribution in [1.29, 1.82) is 0 Å². The van der Waals surface area contributed by atoms with Crippen LogP contribution in [0, 0.1) is 0 Å². The van der Waals surface area contributed by atoms with Crippen LogP contribution in [0.3, 0.4) is 0 Å². The molecule has 0 saturated carbocycles. The summed E-state index contributed by atoms with van der Waals surface area (Å²) in [6.07, 6.45) is 1.67. The molecular weight excluding hydrogens is 260 g/mol. The highest BCUT2D eigenvalue weighted by atomic mass is 16.5. The largest absolute Gasteiger partial charge is 0.480 e. The van der Waals surface area contributed by atoms with E-state index in [0.717, 1.165) is 10.9 Å². The lowest BCUT2D eigenvalue weighted by Gasteiger charge is -2.07. The van der Waals surface area contributed by atoms with Crippen molar-refractivity contribution in [3.05, 3.63) is 42.1 Å². The third-order valence-corrected chi connectivity index (χ3v) is 2.65. The molecule has 1 aromatic carbocycles. The van der Waals surface area contributed by atoms with Crippen molar-refractivity contribution >= 4 is 22.8 Å². The van der Waals surface area contributed by atoms with E-state index in [4.69, 9.17) is 9.84 Å². The van der Waals surface area contributed by atoms with E-state index < -0.39 is 5.97 Å². The molecule has 0 radical (unpaired) electrons. The third-order valence-electron chi connectivity index (χ3n) is 2.65. The number of fused-ring (bicyclic) bond motifs is 1. The van der Waals surface area contributed by atoms with Gasteiger partial charge in [-0.2, -0.15) is 0 Å². The number of nitrogens with zero attached hydrogens (tertiary/aromatic N) is 1. The van der Waals surface area contributed by atoms with Crippen LogP contribution in [0.2, 0.25) is 0 Å². The summed E-state index contributed by atoms with van der Waals surface area (Å²) in [6, 6.07) is 8.93. The topological polar surface area (TPSA) is 88.5 Å². The number of benzene rings is 1. The molecule has 2 rings (SSSR count). The smallest absolute Gasteiger partial charge is 0.329 e. The first-order valence-corrected chi connectivity index (χ1v) is 6.10. The second-order valence-corrected chi connectivity index (χ2v) is 4.08. The quantitative estimate of drug-likeness (QED) is 0.769. The van der Waals surface area contributed by atoms with E-state index in [-0.39, 0.29) is 25.7 Å². The second-order valence-electron chi connectivity index (χ2n) is 4.08. The fraction of sp³-hybridized carbons (Fsp3) is 0.214. The average molecular weight is 274 g/mol. The summed E-state index contributed by atoms with van der Waals surface area (Å²) >= 11 is 0. The molecule has 6 nitrogen and oxygen atoms in total. The van der Waals surface area contributed by atoms with Gasteiger partial charge in [-0.1, -0.05) is 12.1 Å². The van der Waals surface area contributed by atoms with E-state index in [1.807, 2.05) is 12.1 Å². The Hall–Kier alpha value is -2.47. The van der Waals surface area contributed by atoms with Crippen molar-refractivity contribution in [2.24, 2.45) is 0 Å². The van der Waals surface area contributed by atoms with Gasteiger partial charge in [0.1, 0.15) is 6.61 Å². The maximum Gasteiger partial charge on any atom is 0.329 e. The number of carboxylic acids is 1. The maximum absolute atomic E-state index is 12.0. The molecule has 0 aliphatic heterocycles. The molecule has 1 amide bonds. The number of carboxylic acid groups (broad SMARTS) is 1. The van der Waals surface area contributed by atoms with Gasteiger partial charge in [0.2, 0.25) is 0 Å². The first kappa shape index (κ1) is 14.0. The van der Waals surface area contributed by atoms with Crippen LogP contribution in [0.5, 0.6) is 0 Å². The Morgan fingerprint density at radius 1 is 1.25 bits per heavy atom. The number of carbonyl (C=O) groups excluding carboxylic acids is 1. The third kappa shape index (κ3) is 3.52. The van der Waals surface area contributed by atoms with Gasteiger partial charge in [0.05, 0.1) is 12.1 Å². The number of hydrogen-bond acceptors (Lipinski definition) is 4. The summed E-state index contributed by atoms with van der Waals surface area (Å²) in [4.78, 5) is 26.5. The molecule has 0 saturated heterocycles. The number of amides is 1. The first-order valence-electron chi connectivity index (χ1n) is 6.10. The van der Waals surface area contributed by atoms with Gasteiger partial charge in [0.15, 0.2) is 0 Å². The number of ether oxygens (including phenoxy) is 1. The van der Waals surface area contributed by atoms with Crippen LogP contribution in [-0.2, 0) is 9.53 Å². The van der Waals surface area contributed by atoms with E-state index in [1.165, 1.54) is 0 Å². The lowest BCUT2D eigenvalue weighted by atomic mass is 10.1. The van der Waals surface area contributed by atoms with Gasteiger partial charge in [0.25, 0.3) is 5.91 Å². The minimum Gasteiger partial charge on any atom is -0.480 e. The molecule has 2 aromatic rings. The van der Waals surface area contributed by atoms with Crippen molar-refractivity contribution in [2.45, 2.75) is 0 Å². The molecule has 2 N–H and O–H groups in total. The van der Waals surface area contributed by atoms with Gasteiger partial charge >= 0.3 is 5.97 Å². The molecule has 1 heterocycles. The highest BCUT2D eigenvalue weighted by Crippen LogP contribution is 2.15. The normalized spacial score (nSPS) is 10.4. The van der Waals surface area contributed by atoms with Crippen molar-refractivity contribution in [1.82, 2.24) is 10.3 Å². The molecular formula is C14H14N2O4. The number of nitrogens with one attached hydrogen (secondary N) is 1. The van der Waals surface area contributed by atoms with E-state index in [2.05, 4.69) is 10.3 Å². The van der Waals surface area contributed by atoms with Crippen LogP contribution in [0.15, 0.2) is 36.5 Å². The van der Waals surface area contributed by atoms with Crippen LogP contribution in [-0.4, -0.2) is 41.7 Å². The lowest BCUT2D eigenvalue weighted by Crippen LogP contribution is -2.28. The lowest BCUT2D eigenvalue weighted by molar-refractivity contribution is -0.142. The van der Waals surface area contributed by atoms with Crippen molar-refractivity contribution < 1.29 is 19.4 Å². The molecule has 0 atom stereocenters. The Kier molecular flexibility index (Phi) is 4.62. The Bertz CT molecular complexity index is 622. The SMILES string of the molecule is O=C(O)COCCNC(=O)c1cccc2ncccc12. The van der Waals surface area contributed by atoms with Gasteiger partial charge in [-0.15, -0.1) is 0 Å². The fourth-order valence-corrected chi connectivity index (χ4v) is 1.79. The van der Waals surface area contributed by atoms with Crippen LogP contribution < -0.4 is 5.32 Å². The average Bonchev–Trinajstić information content (AvgIpc) is 2.45. The van der Waals surface area contributed by atoms with Crippen LogP contribution in [0.4, 0.5) is 0 Å². The fourth-order valence-electron chi connectivity index (χ4n) is 1.79.